The standard InChI is InChI=1S/C23H29ClO/c1-22(2)11-12-23(3,4)21-14-17(7-10-20(21)22)18(15-25)13-16-5-8-19(24)9-6-16/h5-10,14,18,25H,11-13,15H2,1-4H3/t18-/m1/s1. The molecule has 0 saturated carbocycles. The Morgan fingerprint density at radius 3 is 2.12 bits per heavy atom. The van der Waals surface area contributed by atoms with Crippen LogP contribution in [0.25, 0.3) is 0 Å². The van der Waals surface area contributed by atoms with Crippen molar-refractivity contribution in [2.75, 3.05) is 6.61 Å². The highest BCUT2D eigenvalue weighted by Crippen LogP contribution is 2.46. The van der Waals surface area contributed by atoms with E-state index in [1.807, 2.05) is 12.1 Å². The van der Waals surface area contributed by atoms with Gasteiger partial charge in [-0.25, -0.2) is 0 Å². The Hall–Kier alpha value is -1.31. The van der Waals surface area contributed by atoms with Crippen molar-refractivity contribution in [1.29, 1.82) is 0 Å². The maximum atomic E-state index is 10.0. The van der Waals surface area contributed by atoms with Gasteiger partial charge >= 0.3 is 0 Å². The van der Waals surface area contributed by atoms with Crippen molar-refractivity contribution in [1.82, 2.24) is 0 Å². The zero-order valence-corrected chi connectivity index (χ0v) is 16.5. The van der Waals surface area contributed by atoms with E-state index in [0.717, 1.165) is 11.4 Å². The lowest BCUT2D eigenvalue weighted by Gasteiger charge is -2.42. The van der Waals surface area contributed by atoms with Crippen LogP contribution in [0.5, 0.6) is 0 Å². The van der Waals surface area contributed by atoms with Gasteiger partial charge in [-0.2, -0.15) is 0 Å². The lowest BCUT2D eigenvalue weighted by molar-refractivity contribution is 0.264. The van der Waals surface area contributed by atoms with Gasteiger partial charge < -0.3 is 5.11 Å². The molecule has 2 heteroatoms. The van der Waals surface area contributed by atoms with Crippen LogP contribution in [0.15, 0.2) is 42.5 Å². The Kier molecular flexibility index (Phi) is 5.01. The zero-order chi connectivity index (χ0) is 18.2. The summed E-state index contributed by atoms with van der Waals surface area (Å²) in [5, 5.41) is 10.8. The minimum absolute atomic E-state index is 0.118. The number of halogens is 1. The van der Waals surface area contributed by atoms with Gasteiger partial charge in [-0.05, 0) is 64.5 Å². The molecule has 1 N–H and O–H groups in total. The fraction of sp³-hybridized carbons (Fsp3) is 0.478. The molecule has 0 aliphatic heterocycles. The molecule has 134 valence electrons. The number of hydrogen-bond acceptors (Lipinski definition) is 1. The maximum absolute atomic E-state index is 10.0. The molecule has 3 rings (SSSR count). The summed E-state index contributed by atoms with van der Waals surface area (Å²) >= 11 is 5.99. The van der Waals surface area contributed by atoms with Crippen LogP contribution in [0.4, 0.5) is 0 Å². The second kappa shape index (κ2) is 6.78. The molecular formula is C23H29ClO. The van der Waals surface area contributed by atoms with E-state index in [-0.39, 0.29) is 23.4 Å². The van der Waals surface area contributed by atoms with Gasteiger partial charge in [-0.15, -0.1) is 0 Å². The van der Waals surface area contributed by atoms with Crippen LogP contribution >= 0.6 is 11.6 Å². The average Bonchev–Trinajstić information content (AvgIpc) is 2.58. The van der Waals surface area contributed by atoms with E-state index in [9.17, 15) is 5.11 Å². The Balaban J connectivity index is 1.95. The van der Waals surface area contributed by atoms with Crippen molar-refractivity contribution in [2.24, 2.45) is 0 Å². The van der Waals surface area contributed by atoms with Gasteiger partial charge in [0.15, 0.2) is 0 Å². The molecular weight excluding hydrogens is 328 g/mol. The van der Waals surface area contributed by atoms with Crippen LogP contribution in [0.1, 0.15) is 68.7 Å². The molecule has 0 bridgehead atoms. The summed E-state index contributed by atoms with van der Waals surface area (Å²) in [6.45, 7) is 9.54. The van der Waals surface area contributed by atoms with Crippen LogP contribution in [0.2, 0.25) is 5.02 Å². The summed E-state index contributed by atoms with van der Waals surface area (Å²) in [7, 11) is 0. The summed E-state index contributed by atoms with van der Waals surface area (Å²) in [6, 6.07) is 14.8. The lowest BCUT2D eigenvalue weighted by atomic mass is 9.62. The Morgan fingerprint density at radius 1 is 0.920 bits per heavy atom. The number of hydrogen-bond donors (Lipinski definition) is 1. The van der Waals surface area contributed by atoms with Crippen LogP contribution in [0.3, 0.4) is 0 Å². The highest BCUT2D eigenvalue weighted by Gasteiger charge is 2.37. The van der Waals surface area contributed by atoms with Crippen LogP contribution in [-0.4, -0.2) is 11.7 Å². The molecule has 0 heterocycles. The quantitative estimate of drug-likeness (QED) is 0.711. The molecule has 1 atom stereocenters. The van der Waals surface area contributed by atoms with E-state index < -0.39 is 0 Å². The zero-order valence-electron chi connectivity index (χ0n) is 15.8. The first-order valence-corrected chi connectivity index (χ1v) is 9.61. The van der Waals surface area contributed by atoms with Gasteiger partial charge in [0.2, 0.25) is 0 Å². The third-order valence-corrected chi connectivity index (χ3v) is 6.22. The van der Waals surface area contributed by atoms with Crippen molar-refractivity contribution in [2.45, 2.75) is 63.7 Å². The molecule has 0 amide bonds. The fourth-order valence-corrected chi connectivity index (χ4v) is 4.18. The largest absolute Gasteiger partial charge is 0.396 e. The molecule has 25 heavy (non-hydrogen) atoms. The van der Waals surface area contributed by atoms with Gasteiger partial charge in [0.25, 0.3) is 0 Å². The Labute approximate surface area is 157 Å². The summed E-state index contributed by atoms with van der Waals surface area (Å²) in [4.78, 5) is 0. The number of benzene rings is 2. The van der Waals surface area contributed by atoms with Crippen LogP contribution in [0, 0.1) is 0 Å². The average molecular weight is 357 g/mol. The first-order chi connectivity index (χ1) is 11.7. The normalized spacial score (nSPS) is 19.3. The second-order valence-electron chi connectivity index (χ2n) is 8.78. The Bertz CT molecular complexity index is 743. The lowest BCUT2D eigenvalue weighted by Crippen LogP contribution is -2.34. The van der Waals surface area contributed by atoms with Gasteiger partial charge in [-0.1, -0.05) is 69.6 Å². The number of rotatable bonds is 4. The molecule has 0 saturated heterocycles. The molecule has 0 aromatic heterocycles. The van der Waals surface area contributed by atoms with Gasteiger partial charge in [0, 0.05) is 10.9 Å². The van der Waals surface area contributed by atoms with Crippen LogP contribution < -0.4 is 0 Å². The molecule has 2 aromatic carbocycles. The van der Waals surface area contributed by atoms with E-state index in [0.29, 0.717) is 0 Å². The highest BCUT2D eigenvalue weighted by atomic mass is 35.5. The predicted octanol–water partition coefficient (Wildman–Crippen LogP) is 6.01. The van der Waals surface area contributed by atoms with Gasteiger partial charge in [0.1, 0.15) is 0 Å². The molecule has 2 aromatic rings. The minimum Gasteiger partial charge on any atom is -0.396 e. The third kappa shape index (κ3) is 3.78. The Morgan fingerprint density at radius 2 is 1.52 bits per heavy atom. The third-order valence-electron chi connectivity index (χ3n) is 5.96. The van der Waals surface area contributed by atoms with E-state index in [1.165, 1.54) is 35.1 Å². The highest BCUT2D eigenvalue weighted by molar-refractivity contribution is 6.30. The number of aliphatic hydroxyl groups excluding tert-OH is 1. The van der Waals surface area contributed by atoms with Crippen LogP contribution in [-0.2, 0) is 17.3 Å². The SMILES string of the molecule is CC1(C)CCC(C)(C)c2cc([C@@H](CO)Cc3ccc(Cl)cc3)ccc21. The smallest absolute Gasteiger partial charge is 0.0502 e. The van der Waals surface area contributed by atoms with E-state index in [2.05, 4.69) is 58.0 Å². The maximum Gasteiger partial charge on any atom is 0.0502 e. The van der Waals surface area contributed by atoms with Crippen molar-refractivity contribution < 1.29 is 5.11 Å². The topological polar surface area (TPSA) is 20.2 Å². The fourth-order valence-electron chi connectivity index (χ4n) is 4.05. The predicted molar refractivity (Wildman–Crippen MR) is 107 cm³/mol. The summed E-state index contributed by atoms with van der Waals surface area (Å²) in [5.74, 6) is 0.118. The number of fused-ring (bicyclic) bond motifs is 1. The molecule has 0 unspecified atom stereocenters. The van der Waals surface area contributed by atoms with E-state index >= 15 is 0 Å². The summed E-state index contributed by atoms with van der Waals surface area (Å²) < 4.78 is 0. The minimum atomic E-state index is 0.118. The molecule has 1 aliphatic rings. The van der Waals surface area contributed by atoms with Crippen molar-refractivity contribution >= 4 is 11.6 Å². The summed E-state index contributed by atoms with van der Waals surface area (Å²) in [5.41, 5.74) is 5.80. The molecule has 0 radical (unpaired) electrons. The molecule has 1 nitrogen and oxygen atoms in total. The summed E-state index contributed by atoms with van der Waals surface area (Å²) in [6.07, 6.45) is 3.26. The first kappa shape index (κ1) is 18.5. The molecule has 1 aliphatic carbocycles. The number of aliphatic hydroxyl groups is 1. The van der Waals surface area contributed by atoms with Gasteiger partial charge in [0.05, 0.1) is 6.61 Å². The van der Waals surface area contributed by atoms with Gasteiger partial charge in [-0.3, -0.25) is 0 Å². The van der Waals surface area contributed by atoms with Crippen molar-refractivity contribution in [3.05, 3.63) is 69.7 Å². The first-order valence-electron chi connectivity index (χ1n) is 9.23. The van der Waals surface area contributed by atoms with E-state index in [1.54, 1.807) is 0 Å². The van der Waals surface area contributed by atoms with Crippen molar-refractivity contribution in [3.63, 3.8) is 0 Å². The molecule has 0 fully saturated rings. The van der Waals surface area contributed by atoms with E-state index in [4.69, 9.17) is 11.6 Å². The second-order valence-corrected chi connectivity index (χ2v) is 9.22. The monoisotopic (exact) mass is 356 g/mol. The molecule has 0 spiro atoms. The van der Waals surface area contributed by atoms with Crippen molar-refractivity contribution in [3.8, 4) is 0 Å².